The highest BCUT2D eigenvalue weighted by Crippen LogP contribution is 2.40. The molecule has 5 N–H and O–H groups in total. The van der Waals surface area contributed by atoms with Gasteiger partial charge in [0.1, 0.15) is 35.8 Å². The van der Waals surface area contributed by atoms with Crippen molar-refractivity contribution >= 4 is 63.1 Å². The van der Waals surface area contributed by atoms with E-state index in [2.05, 4.69) is 34.7 Å². The third-order valence-corrected chi connectivity index (χ3v) is 8.41. The van der Waals surface area contributed by atoms with Crippen LogP contribution in [0.5, 0.6) is 0 Å². The molecule has 2 aliphatic heterocycles. The van der Waals surface area contributed by atoms with Gasteiger partial charge in [-0.1, -0.05) is 5.16 Å². The van der Waals surface area contributed by atoms with Crippen molar-refractivity contribution in [2.45, 2.75) is 37.8 Å². The van der Waals surface area contributed by atoms with Gasteiger partial charge in [-0.25, -0.2) is 9.36 Å². The number of aryl methyl sites for hydroxylation is 1. The molecule has 0 spiro atoms. The number of hydrogen-bond donors (Lipinski definition) is 4. The minimum absolute atomic E-state index is 0.0255. The number of nitrogens with zero attached hydrogens (tertiary/aromatic N) is 7. The van der Waals surface area contributed by atoms with E-state index in [1.165, 1.54) is 16.7 Å². The number of thioether (sulfide) groups is 1. The van der Waals surface area contributed by atoms with Crippen molar-refractivity contribution in [2.24, 2.45) is 5.16 Å². The number of carboxylic acid groups (broad SMARTS) is 1. The number of rotatable bonds is 12. The van der Waals surface area contributed by atoms with Crippen LogP contribution in [-0.4, -0.2) is 89.8 Å². The lowest BCUT2D eigenvalue weighted by Crippen LogP contribution is -2.71. The summed E-state index contributed by atoms with van der Waals surface area (Å²) in [5, 5.41) is 19.2. The summed E-state index contributed by atoms with van der Waals surface area (Å²) in [6, 6.07) is 2.90. The zero-order valence-electron chi connectivity index (χ0n) is 22.3. The molecule has 3 aromatic heterocycles. The molecule has 5 heterocycles. The van der Waals surface area contributed by atoms with Crippen molar-refractivity contribution in [1.29, 1.82) is 0 Å². The zero-order valence-corrected chi connectivity index (χ0v) is 23.9. The van der Waals surface area contributed by atoms with E-state index in [-0.39, 0.29) is 35.5 Å². The molecule has 3 aromatic rings. The van der Waals surface area contributed by atoms with E-state index in [0.29, 0.717) is 11.3 Å². The van der Waals surface area contributed by atoms with Gasteiger partial charge in [0, 0.05) is 29.4 Å². The Labute approximate surface area is 242 Å². The Morgan fingerprint density at radius 2 is 2.22 bits per heavy atom. The van der Waals surface area contributed by atoms with Crippen molar-refractivity contribution < 1.29 is 28.9 Å². The predicted molar refractivity (Wildman–Crippen MR) is 151 cm³/mol. The van der Waals surface area contributed by atoms with Crippen molar-refractivity contribution in [1.82, 2.24) is 34.4 Å². The quantitative estimate of drug-likeness (QED) is 0.0690. The van der Waals surface area contributed by atoms with Crippen LogP contribution in [0.15, 0.2) is 41.1 Å². The van der Waals surface area contributed by atoms with Gasteiger partial charge in [-0.3, -0.25) is 14.5 Å². The molecule has 216 valence electrons. The average molecular weight is 602 g/mol. The molecule has 0 aliphatic carbocycles. The summed E-state index contributed by atoms with van der Waals surface area (Å²) in [5.41, 5.74) is 7.56. The number of aromatic nitrogens is 5. The molecule has 1 saturated heterocycles. The Kier molecular flexibility index (Phi) is 8.46. The van der Waals surface area contributed by atoms with Gasteiger partial charge in [0.05, 0.1) is 6.20 Å². The molecule has 5 rings (SSSR count). The molecule has 0 bridgehead atoms. The van der Waals surface area contributed by atoms with Crippen molar-refractivity contribution in [3.63, 3.8) is 0 Å². The number of β-lactam (4-membered cyclic amide) rings is 1. The van der Waals surface area contributed by atoms with Crippen LogP contribution in [0.25, 0.3) is 11.2 Å². The number of carboxylic acids is 1. The third-order valence-electron chi connectivity index (χ3n) is 6.53. The fourth-order valence-electron chi connectivity index (χ4n) is 4.68. The highest BCUT2D eigenvalue weighted by atomic mass is 32.2. The number of carbonyl (C=O) groups is 3. The Balaban J connectivity index is 1.35. The van der Waals surface area contributed by atoms with Crippen molar-refractivity contribution in [3.8, 4) is 0 Å². The molecule has 0 radical (unpaired) electrons. The fourth-order valence-corrected chi connectivity index (χ4v) is 6.45. The van der Waals surface area contributed by atoms with Crippen LogP contribution in [0.1, 0.15) is 19.2 Å². The predicted octanol–water partition coefficient (Wildman–Crippen LogP) is -0.454. The minimum atomic E-state index is -1.21. The lowest BCUT2D eigenvalue weighted by molar-refractivity contribution is -0.664. The summed E-state index contributed by atoms with van der Waals surface area (Å²) in [4.78, 5) is 53.5. The molecule has 41 heavy (non-hydrogen) atoms. The first-order valence-electron chi connectivity index (χ1n) is 12.8. The van der Waals surface area contributed by atoms with Crippen molar-refractivity contribution in [3.05, 3.63) is 41.8 Å². The van der Waals surface area contributed by atoms with Crippen LogP contribution < -0.4 is 20.9 Å². The molecule has 15 nitrogen and oxygen atoms in total. The van der Waals surface area contributed by atoms with Crippen LogP contribution in [0.3, 0.4) is 0 Å². The minimum Gasteiger partial charge on any atom is -0.477 e. The van der Waals surface area contributed by atoms with Gasteiger partial charge in [-0.2, -0.15) is 9.36 Å². The van der Waals surface area contributed by atoms with Gasteiger partial charge in [0.15, 0.2) is 5.13 Å². The average Bonchev–Trinajstić information content (AvgIpc) is 3.58. The monoisotopic (exact) mass is 601 g/mol. The molecule has 0 aromatic carbocycles. The lowest BCUT2D eigenvalue weighted by atomic mass is 10.0. The molecule has 2 atom stereocenters. The Morgan fingerprint density at radius 3 is 2.93 bits per heavy atom. The van der Waals surface area contributed by atoms with Gasteiger partial charge in [0.2, 0.25) is 17.9 Å². The number of anilines is 1. The van der Waals surface area contributed by atoms with Crippen molar-refractivity contribution in [2.75, 3.05) is 31.7 Å². The van der Waals surface area contributed by atoms with Crippen LogP contribution in [0.2, 0.25) is 0 Å². The number of nitrogens with one attached hydrogen (secondary N) is 2. The number of fused-ring (bicyclic) bond motifs is 2. The number of pyridine rings is 1. The highest BCUT2D eigenvalue weighted by molar-refractivity contribution is 8.00. The highest BCUT2D eigenvalue weighted by Gasteiger charge is 2.54. The Morgan fingerprint density at radius 1 is 1.39 bits per heavy atom. The summed E-state index contributed by atoms with van der Waals surface area (Å²) >= 11 is 2.26. The number of nitrogen functional groups attached to an aromatic ring is 1. The second-order valence-corrected chi connectivity index (χ2v) is 11.1. The van der Waals surface area contributed by atoms with Gasteiger partial charge >= 0.3 is 11.6 Å². The summed E-state index contributed by atoms with van der Waals surface area (Å²) in [5.74, 6) is -2.16. The van der Waals surface area contributed by atoms with E-state index < -0.39 is 29.2 Å². The standard InChI is InChI=1S/C24H28N10O5S2/c1-3-39-30-15(18-29-24(25)41-31-18)20(35)28-16-21(36)34-17(23(37)38)13(11-40-22(16)34)10-32-8-4-6-14-19(32)27-12-33(14)9-5-7-26-2/h4,6,8,12,16,22,26H,3,5,7,9-11H2,1-2H3,(H3-,25,28,29,31,35,37,38)/p+1/b30-15+/t16-,22?/m1/s1. The molecule has 1 unspecified atom stereocenters. The number of nitrogens with two attached hydrogens (primary N) is 1. The molecular formula is C24H29N10O5S2+. The largest absolute Gasteiger partial charge is 0.477 e. The van der Waals surface area contributed by atoms with Crippen LogP contribution >= 0.6 is 23.3 Å². The van der Waals surface area contributed by atoms with Gasteiger partial charge in [0.25, 0.3) is 11.8 Å². The molecule has 0 saturated carbocycles. The smallest absolute Gasteiger partial charge is 0.352 e. The van der Waals surface area contributed by atoms with Gasteiger partial charge in [-0.05, 0) is 44.1 Å². The first-order chi connectivity index (χ1) is 19.8. The first kappa shape index (κ1) is 28.4. The second-order valence-electron chi connectivity index (χ2n) is 9.17. The zero-order chi connectivity index (χ0) is 29.1. The van der Waals surface area contributed by atoms with E-state index in [1.807, 2.05) is 29.9 Å². The number of amides is 2. The molecule has 1 fully saturated rings. The number of hydrogen-bond acceptors (Lipinski definition) is 12. The van der Waals surface area contributed by atoms with Crippen LogP contribution in [0.4, 0.5) is 5.13 Å². The molecular weight excluding hydrogens is 572 g/mol. The first-order valence-corrected chi connectivity index (χ1v) is 14.6. The number of imidazole rings is 1. The SMILES string of the molecule is CCO/N=C(/C(=O)N[C@@H]1C(=O)N2C(C(=O)O)=C(C[n+]3cccc4c3ncn4CCCNC)CSC12)c1nsc(N)n1. The normalized spacial score (nSPS) is 18.8. The maximum absolute atomic E-state index is 13.2. The van der Waals surface area contributed by atoms with E-state index in [1.54, 1.807) is 13.3 Å². The topological polar surface area (TPSA) is 194 Å². The third kappa shape index (κ3) is 5.59. The summed E-state index contributed by atoms with van der Waals surface area (Å²) in [7, 11) is 1.91. The van der Waals surface area contributed by atoms with E-state index >= 15 is 0 Å². The van der Waals surface area contributed by atoms with Crippen LogP contribution in [-0.2, 0) is 32.3 Å². The van der Waals surface area contributed by atoms with E-state index in [9.17, 15) is 19.5 Å². The van der Waals surface area contributed by atoms with E-state index in [0.717, 1.165) is 42.2 Å². The second kappa shape index (κ2) is 12.2. The maximum Gasteiger partial charge on any atom is 0.352 e. The van der Waals surface area contributed by atoms with Gasteiger partial charge in [-0.15, -0.1) is 11.8 Å². The summed E-state index contributed by atoms with van der Waals surface area (Å²) < 4.78 is 7.95. The van der Waals surface area contributed by atoms with Crippen LogP contribution in [0, 0.1) is 0 Å². The fraction of sp³-hybridized carbons (Fsp3) is 0.417. The van der Waals surface area contributed by atoms with Gasteiger partial charge < -0.3 is 30.9 Å². The summed E-state index contributed by atoms with van der Waals surface area (Å²) in [6.07, 6.45) is 4.56. The Bertz CT molecular complexity index is 1550. The number of carbonyl (C=O) groups excluding carboxylic acids is 2. The Hall–Kier alpha value is -4.09. The van der Waals surface area contributed by atoms with E-state index in [4.69, 9.17) is 10.6 Å². The molecule has 17 heteroatoms. The maximum atomic E-state index is 13.2. The number of oxime groups is 1. The molecule has 2 aliphatic rings. The molecule has 2 amide bonds. The number of aliphatic carboxylic acids is 1. The summed E-state index contributed by atoms with van der Waals surface area (Å²) in [6.45, 7) is 3.81. The lowest BCUT2D eigenvalue weighted by Gasteiger charge is -2.49.